The zero-order valence-corrected chi connectivity index (χ0v) is 21.9. The van der Waals surface area contributed by atoms with E-state index in [-0.39, 0.29) is 35.0 Å². The van der Waals surface area contributed by atoms with Crippen LogP contribution in [-0.2, 0) is 16.4 Å². The molecule has 0 spiro atoms. The Kier molecular flexibility index (Phi) is 6.31. The van der Waals surface area contributed by atoms with Crippen molar-refractivity contribution in [2.45, 2.75) is 16.5 Å². The molecule has 0 amide bonds. The number of ether oxygens (including phenoxy) is 6. The monoisotopic (exact) mass is 552 g/mol. The molecule has 39 heavy (non-hydrogen) atoms. The van der Waals surface area contributed by atoms with E-state index in [0.29, 0.717) is 53.3 Å². The van der Waals surface area contributed by atoms with Crippen LogP contribution in [0, 0.1) is 0 Å². The maximum absolute atomic E-state index is 13.8. The van der Waals surface area contributed by atoms with Crippen molar-refractivity contribution in [2.75, 3.05) is 39.5 Å². The molecule has 3 heterocycles. The van der Waals surface area contributed by atoms with E-state index in [2.05, 4.69) is 10.3 Å². The first-order valence-electron chi connectivity index (χ1n) is 12.0. The lowest BCUT2D eigenvalue weighted by Gasteiger charge is -2.18. The van der Waals surface area contributed by atoms with Crippen molar-refractivity contribution in [1.29, 1.82) is 0 Å². The topological polar surface area (TPSA) is 128 Å². The third-order valence-corrected chi connectivity index (χ3v) is 7.86. The molecule has 0 saturated carbocycles. The highest BCUT2D eigenvalue weighted by atomic mass is 32.2. The van der Waals surface area contributed by atoms with Gasteiger partial charge in [0.2, 0.25) is 33.4 Å². The van der Waals surface area contributed by atoms with Crippen LogP contribution in [0.3, 0.4) is 0 Å². The van der Waals surface area contributed by atoms with Crippen molar-refractivity contribution in [3.63, 3.8) is 0 Å². The van der Waals surface area contributed by atoms with Crippen molar-refractivity contribution >= 4 is 15.7 Å². The average molecular weight is 553 g/mol. The minimum atomic E-state index is -4.14. The van der Waals surface area contributed by atoms with E-state index in [1.807, 2.05) is 12.1 Å². The molecule has 202 valence electrons. The summed E-state index contributed by atoms with van der Waals surface area (Å²) in [5, 5.41) is 2.81. The summed E-state index contributed by atoms with van der Waals surface area (Å²) >= 11 is 0. The predicted octanol–water partition coefficient (Wildman–Crippen LogP) is 4.30. The quantitative estimate of drug-likeness (QED) is 0.336. The van der Waals surface area contributed by atoms with Gasteiger partial charge in [-0.25, -0.2) is 8.42 Å². The Hall–Kier alpha value is -4.58. The van der Waals surface area contributed by atoms with Crippen LogP contribution >= 0.6 is 0 Å². The Labute approximate surface area is 224 Å². The molecule has 2 aliphatic heterocycles. The van der Waals surface area contributed by atoms with Crippen molar-refractivity contribution in [3.05, 3.63) is 60.2 Å². The van der Waals surface area contributed by atoms with Crippen LogP contribution in [0.2, 0.25) is 0 Å². The maximum Gasteiger partial charge on any atom is 0.234 e. The minimum absolute atomic E-state index is 0.00922. The lowest BCUT2D eigenvalue weighted by atomic mass is 10.2. The number of hydrogen-bond acceptors (Lipinski definition) is 11. The van der Waals surface area contributed by atoms with Gasteiger partial charge < -0.3 is 38.2 Å². The van der Waals surface area contributed by atoms with E-state index in [0.717, 1.165) is 5.56 Å². The van der Waals surface area contributed by atoms with Gasteiger partial charge in [0.05, 0.1) is 19.1 Å². The number of benzene rings is 3. The zero-order chi connectivity index (χ0) is 27.0. The second kappa shape index (κ2) is 9.95. The predicted molar refractivity (Wildman–Crippen MR) is 138 cm³/mol. The number of nitrogens with one attached hydrogen (secondary N) is 1. The molecular weight excluding hydrogens is 528 g/mol. The van der Waals surface area contributed by atoms with Gasteiger partial charge in [-0.3, -0.25) is 0 Å². The van der Waals surface area contributed by atoms with Gasteiger partial charge in [0.15, 0.2) is 34.5 Å². The summed E-state index contributed by atoms with van der Waals surface area (Å²) in [5.74, 6) is 3.11. The lowest BCUT2D eigenvalue weighted by Crippen LogP contribution is -2.16. The zero-order valence-electron chi connectivity index (χ0n) is 21.1. The van der Waals surface area contributed by atoms with Crippen LogP contribution in [0.15, 0.2) is 68.9 Å². The summed E-state index contributed by atoms with van der Waals surface area (Å²) in [6, 6.07) is 15.0. The van der Waals surface area contributed by atoms with Crippen molar-refractivity contribution in [3.8, 4) is 46.0 Å². The number of methoxy groups -OCH3 is 2. The molecule has 2 aliphatic rings. The highest BCUT2D eigenvalue weighted by molar-refractivity contribution is 7.91. The third kappa shape index (κ3) is 4.63. The SMILES string of the molecule is COc1ccc(-c2nc(S(=O)(=O)c3ccc4c(c3)OCCO4)c(NCc3ccc4c(c3)OCO4)o2)cc1OC. The van der Waals surface area contributed by atoms with E-state index < -0.39 is 9.84 Å². The fraction of sp³-hybridized carbons (Fsp3) is 0.222. The molecule has 4 aromatic rings. The first-order chi connectivity index (χ1) is 19.0. The van der Waals surface area contributed by atoms with Crippen molar-refractivity contribution in [2.24, 2.45) is 0 Å². The third-order valence-electron chi connectivity index (χ3n) is 6.20. The number of fused-ring (bicyclic) bond motifs is 2. The second-order valence-corrected chi connectivity index (χ2v) is 10.4. The number of oxazole rings is 1. The van der Waals surface area contributed by atoms with Crippen LogP contribution in [0.4, 0.5) is 5.88 Å². The molecule has 0 radical (unpaired) electrons. The molecule has 0 fully saturated rings. The molecule has 6 rings (SSSR count). The standard InChI is InChI=1S/C27H24N2O9S/c1-32-19-7-4-17(12-22(19)33-2)25-29-27(39(30,31)18-5-8-20-24(13-18)35-10-9-34-20)26(38-25)28-14-16-3-6-21-23(11-16)37-15-36-21/h3-8,11-13,28H,9-10,14-15H2,1-2H3. The fourth-order valence-corrected chi connectivity index (χ4v) is 5.52. The maximum atomic E-state index is 13.8. The Bertz CT molecular complexity index is 1650. The van der Waals surface area contributed by atoms with Gasteiger partial charge in [-0.1, -0.05) is 6.07 Å². The first kappa shape index (κ1) is 24.7. The summed E-state index contributed by atoms with van der Waals surface area (Å²) in [4.78, 5) is 4.40. The van der Waals surface area contributed by atoms with Gasteiger partial charge in [-0.15, -0.1) is 0 Å². The van der Waals surface area contributed by atoms with E-state index in [1.165, 1.54) is 26.4 Å². The number of aromatic nitrogens is 1. The van der Waals surface area contributed by atoms with Crippen molar-refractivity contribution < 1.29 is 41.3 Å². The molecule has 3 aromatic carbocycles. The number of anilines is 1. The number of sulfone groups is 1. The van der Waals surface area contributed by atoms with Crippen molar-refractivity contribution in [1.82, 2.24) is 4.98 Å². The van der Waals surface area contributed by atoms with Gasteiger partial charge >= 0.3 is 0 Å². The van der Waals surface area contributed by atoms with Crippen LogP contribution < -0.4 is 33.7 Å². The lowest BCUT2D eigenvalue weighted by molar-refractivity contribution is 0.171. The molecule has 11 nitrogen and oxygen atoms in total. The summed E-state index contributed by atoms with van der Waals surface area (Å²) in [6.45, 7) is 1.11. The number of hydrogen-bond donors (Lipinski definition) is 1. The van der Waals surface area contributed by atoms with E-state index in [9.17, 15) is 8.42 Å². The van der Waals surface area contributed by atoms with Crippen LogP contribution in [-0.4, -0.2) is 47.6 Å². The Morgan fingerprint density at radius 3 is 2.36 bits per heavy atom. The molecule has 12 heteroatoms. The van der Waals surface area contributed by atoms with Gasteiger partial charge in [0, 0.05) is 18.2 Å². The van der Waals surface area contributed by atoms with E-state index in [1.54, 1.807) is 30.3 Å². The molecule has 0 unspecified atom stereocenters. The molecule has 0 atom stereocenters. The van der Waals surface area contributed by atoms with Gasteiger partial charge in [0.25, 0.3) is 0 Å². The molecule has 1 N–H and O–H groups in total. The Balaban J connectivity index is 1.39. The first-order valence-corrected chi connectivity index (χ1v) is 13.4. The average Bonchev–Trinajstić information content (AvgIpc) is 3.63. The number of rotatable bonds is 8. The van der Waals surface area contributed by atoms with Crippen LogP contribution in [0.1, 0.15) is 5.56 Å². The highest BCUT2D eigenvalue weighted by Crippen LogP contribution is 2.39. The largest absolute Gasteiger partial charge is 0.493 e. The van der Waals surface area contributed by atoms with Gasteiger partial charge in [0.1, 0.15) is 13.2 Å². The van der Waals surface area contributed by atoms with Crippen LogP contribution in [0.5, 0.6) is 34.5 Å². The molecule has 0 bridgehead atoms. The molecule has 1 aromatic heterocycles. The number of nitrogens with zero attached hydrogens (tertiary/aromatic N) is 1. The minimum Gasteiger partial charge on any atom is -0.493 e. The normalized spacial score (nSPS) is 13.7. The Morgan fingerprint density at radius 1 is 0.821 bits per heavy atom. The van der Waals surface area contributed by atoms with E-state index >= 15 is 0 Å². The second-order valence-electron chi connectivity index (χ2n) is 8.57. The van der Waals surface area contributed by atoms with E-state index in [4.69, 9.17) is 32.8 Å². The fourth-order valence-electron chi connectivity index (χ4n) is 4.23. The molecule has 0 saturated heterocycles. The van der Waals surface area contributed by atoms with Gasteiger partial charge in [-0.05, 0) is 48.0 Å². The summed E-state index contributed by atoms with van der Waals surface area (Å²) in [5.41, 5.74) is 1.33. The molecule has 0 aliphatic carbocycles. The summed E-state index contributed by atoms with van der Waals surface area (Å²) in [6.07, 6.45) is 0. The highest BCUT2D eigenvalue weighted by Gasteiger charge is 2.30. The smallest absolute Gasteiger partial charge is 0.234 e. The van der Waals surface area contributed by atoms with Crippen LogP contribution in [0.25, 0.3) is 11.5 Å². The Morgan fingerprint density at radius 2 is 1.54 bits per heavy atom. The van der Waals surface area contributed by atoms with Gasteiger partial charge in [-0.2, -0.15) is 4.98 Å². The summed E-state index contributed by atoms with van der Waals surface area (Å²) in [7, 11) is -1.10. The molecular formula is C27H24N2O9S. The summed E-state index contributed by atoms with van der Waals surface area (Å²) < 4.78 is 66.3.